The van der Waals surface area contributed by atoms with Crippen molar-refractivity contribution in [2.24, 2.45) is 0 Å². The number of aromatic nitrogens is 2. The predicted octanol–water partition coefficient (Wildman–Crippen LogP) is 2.32. The van der Waals surface area contributed by atoms with Crippen LogP contribution in [0.4, 0.5) is 5.82 Å². The molecular weight excluding hydrogens is 277 g/mol. The second-order valence-corrected chi connectivity index (χ2v) is 4.13. The van der Waals surface area contributed by atoms with Crippen LogP contribution in [0.2, 0.25) is 0 Å². The molecule has 0 bridgehead atoms. The average molecular weight is 291 g/mol. The molecule has 0 N–H and O–H groups in total. The van der Waals surface area contributed by atoms with Gasteiger partial charge in [0.25, 0.3) is 0 Å². The van der Waals surface area contributed by atoms with Crippen molar-refractivity contribution in [2.75, 3.05) is 18.5 Å². The third-order valence-electron chi connectivity index (χ3n) is 1.86. The first-order valence-corrected chi connectivity index (χ1v) is 5.50. The fraction of sp³-hybridized carbons (Fsp3) is 0.556. The molecule has 0 amide bonds. The first-order chi connectivity index (χ1) is 6.25. The summed E-state index contributed by atoms with van der Waals surface area (Å²) < 4.78 is 1.11. The maximum atomic E-state index is 4.24. The normalized spacial score (nSPS) is 10.1. The quantitative estimate of drug-likeness (QED) is 0.797. The van der Waals surface area contributed by atoms with E-state index in [0.717, 1.165) is 15.9 Å². The summed E-state index contributed by atoms with van der Waals surface area (Å²) in [5.74, 6) is 1.03. The van der Waals surface area contributed by atoms with Crippen LogP contribution in [0.5, 0.6) is 0 Å². The molecule has 0 aliphatic heterocycles. The maximum absolute atomic E-state index is 4.24. The number of halogens is 1. The molecule has 13 heavy (non-hydrogen) atoms. The van der Waals surface area contributed by atoms with E-state index < -0.39 is 0 Å². The van der Waals surface area contributed by atoms with Gasteiger partial charge in [-0.3, -0.25) is 0 Å². The van der Waals surface area contributed by atoms with Gasteiger partial charge in [-0.2, -0.15) is 0 Å². The summed E-state index contributed by atoms with van der Waals surface area (Å²) in [5, 5.41) is 0. The summed E-state index contributed by atoms with van der Waals surface area (Å²) >= 11 is 2.26. The average Bonchev–Trinajstić information content (AvgIpc) is 2.15. The molecule has 1 aromatic rings. The van der Waals surface area contributed by atoms with Crippen molar-refractivity contribution in [1.29, 1.82) is 0 Å². The van der Waals surface area contributed by atoms with E-state index in [9.17, 15) is 0 Å². The predicted molar refractivity (Wildman–Crippen MR) is 62.9 cm³/mol. The SMILES string of the molecule is CCCCN(C)c1ncncc1I. The highest BCUT2D eigenvalue weighted by molar-refractivity contribution is 14.1. The van der Waals surface area contributed by atoms with Gasteiger partial charge in [0.2, 0.25) is 0 Å². The molecule has 0 saturated carbocycles. The van der Waals surface area contributed by atoms with E-state index in [1.165, 1.54) is 12.8 Å². The van der Waals surface area contributed by atoms with Gasteiger partial charge in [0, 0.05) is 19.8 Å². The Kier molecular flexibility index (Phi) is 4.41. The first kappa shape index (κ1) is 10.7. The van der Waals surface area contributed by atoms with Gasteiger partial charge in [-0.15, -0.1) is 0 Å². The summed E-state index contributed by atoms with van der Waals surface area (Å²) in [6.45, 7) is 3.25. The fourth-order valence-corrected chi connectivity index (χ4v) is 1.80. The molecule has 1 aromatic heterocycles. The molecule has 3 nitrogen and oxygen atoms in total. The second kappa shape index (κ2) is 5.36. The highest BCUT2D eigenvalue weighted by atomic mass is 127. The van der Waals surface area contributed by atoms with Gasteiger partial charge >= 0.3 is 0 Å². The summed E-state index contributed by atoms with van der Waals surface area (Å²) in [5.41, 5.74) is 0. The smallest absolute Gasteiger partial charge is 0.145 e. The maximum Gasteiger partial charge on any atom is 0.145 e. The molecular formula is C9H14IN3. The molecule has 1 heterocycles. The van der Waals surface area contributed by atoms with E-state index >= 15 is 0 Å². The van der Waals surface area contributed by atoms with Crippen LogP contribution in [0.25, 0.3) is 0 Å². The number of hydrogen-bond acceptors (Lipinski definition) is 3. The van der Waals surface area contributed by atoms with Gasteiger partial charge in [-0.05, 0) is 29.0 Å². The minimum atomic E-state index is 1.03. The van der Waals surface area contributed by atoms with Crippen LogP contribution < -0.4 is 4.90 Å². The van der Waals surface area contributed by atoms with Crippen LogP contribution in [0.3, 0.4) is 0 Å². The summed E-state index contributed by atoms with van der Waals surface area (Å²) in [4.78, 5) is 10.4. The van der Waals surface area contributed by atoms with Gasteiger partial charge in [0.05, 0.1) is 3.57 Å². The first-order valence-electron chi connectivity index (χ1n) is 4.42. The van der Waals surface area contributed by atoms with Crippen LogP contribution in [0.1, 0.15) is 19.8 Å². The number of nitrogens with zero attached hydrogens (tertiary/aromatic N) is 3. The van der Waals surface area contributed by atoms with Crippen LogP contribution >= 0.6 is 22.6 Å². The van der Waals surface area contributed by atoms with Crippen molar-refractivity contribution < 1.29 is 0 Å². The van der Waals surface area contributed by atoms with Crippen LogP contribution in [0.15, 0.2) is 12.5 Å². The zero-order valence-corrected chi connectivity index (χ0v) is 10.2. The zero-order chi connectivity index (χ0) is 9.68. The highest BCUT2D eigenvalue weighted by Crippen LogP contribution is 2.16. The van der Waals surface area contributed by atoms with Crippen molar-refractivity contribution in [3.63, 3.8) is 0 Å². The van der Waals surface area contributed by atoms with Crippen LogP contribution in [-0.2, 0) is 0 Å². The Labute approximate surface area is 92.7 Å². The third kappa shape index (κ3) is 3.10. The van der Waals surface area contributed by atoms with Crippen molar-refractivity contribution in [3.05, 3.63) is 16.1 Å². The van der Waals surface area contributed by atoms with E-state index in [1.54, 1.807) is 6.33 Å². The molecule has 0 atom stereocenters. The minimum Gasteiger partial charge on any atom is -0.359 e. The van der Waals surface area contributed by atoms with Gasteiger partial charge in [-0.25, -0.2) is 9.97 Å². The largest absolute Gasteiger partial charge is 0.359 e. The number of rotatable bonds is 4. The minimum absolute atomic E-state index is 1.03. The topological polar surface area (TPSA) is 29.0 Å². The fourth-order valence-electron chi connectivity index (χ4n) is 1.09. The lowest BCUT2D eigenvalue weighted by atomic mass is 10.3. The Morgan fingerprint density at radius 2 is 2.31 bits per heavy atom. The monoisotopic (exact) mass is 291 g/mol. The number of hydrogen-bond donors (Lipinski definition) is 0. The number of unbranched alkanes of at least 4 members (excludes halogenated alkanes) is 1. The Balaban J connectivity index is 2.65. The molecule has 72 valence electrons. The van der Waals surface area contributed by atoms with Gasteiger partial charge < -0.3 is 4.90 Å². The Morgan fingerprint density at radius 1 is 1.54 bits per heavy atom. The van der Waals surface area contributed by atoms with Crippen LogP contribution in [-0.4, -0.2) is 23.6 Å². The summed E-state index contributed by atoms with van der Waals surface area (Å²) in [6, 6.07) is 0. The molecule has 0 fully saturated rings. The Morgan fingerprint density at radius 3 is 2.92 bits per heavy atom. The highest BCUT2D eigenvalue weighted by Gasteiger charge is 2.05. The van der Waals surface area contributed by atoms with Crippen molar-refractivity contribution in [3.8, 4) is 0 Å². The van der Waals surface area contributed by atoms with Crippen LogP contribution in [0, 0.1) is 3.57 Å². The Hall–Kier alpha value is -0.390. The molecule has 0 unspecified atom stereocenters. The lowest BCUT2D eigenvalue weighted by Gasteiger charge is -2.18. The molecule has 0 aliphatic carbocycles. The van der Waals surface area contributed by atoms with Gasteiger partial charge in [-0.1, -0.05) is 13.3 Å². The van der Waals surface area contributed by atoms with E-state index in [-0.39, 0.29) is 0 Å². The molecule has 0 saturated heterocycles. The summed E-state index contributed by atoms with van der Waals surface area (Å²) in [7, 11) is 2.07. The number of anilines is 1. The van der Waals surface area contributed by atoms with E-state index in [2.05, 4.69) is 51.4 Å². The Bertz CT molecular complexity index is 265. The second-order valence-electron chi connectivity index (χ2n) is 2.97. The van der Waals surface area contributed by atoms with Gasteiger partial charge in [0.1, 0.15) is 12.1 Å². The molecule has 4 heteroatoms. The molecule has 0 aromatic carbocycles. The van der Waals surface area contributed by atoms with Gasteiger partial charge in [0.15, 0.2) is 0 Å². The third-order valence-corrected chi connectivity index (χ3v) is 2.62. The van der Waals surface area contributed by atoms with Crippen molar-refractivity contribution in [1.82, 2.24) is 9.97 Å². The van der Waals surface area contributed by atoms with E-state index in [1.807, 2.05) is 6.20 Å². The molecule has 0 aliphatic rings. The standard InChI is InChI=1S/C9H14IN3/c1-3-4-5-13(2)9-8(10)6-11-7-12-9/h6-7H,3-5H2,1-2H3. The zero-order valence-electron chi connectivity index (χ0n) is 8.00. The van der Waals surface area contributed by atoms with Crippen molar-refractivity contribution in [2.45, 2.75) is 19.8 Å². The molecule has 0 radical (unpaired) electrons. The lowest BCUT2D eigenvalue weighted by molar-refractivity contribution is 0.756. The van der Waals surface area contributed by atoms with E-state index in [0.29, 0.717) is 0 Å². The summed E-state index contributed by atoms with van der Waals surface area (Å²) in [6.07, 6.45) is 5.86. The molecule has 0 spiro atoms. The molecule has 1 rings (SSSR count). The van der Waals surface area contributed by atoms with E-state index in [4.69, 9.17) is 0 Å². The lowest BCUT2D eigenvalue weighted by Crippen LogP contribution is -2.20. The van der Waals surface area contributed by atoms with Crippen molar-refractivity contribution >= 4 is 28.4 Å².